The van der Waals surface area contributed by atoms with Crippen LogP contribution in [-0.4, -0.2) is 45.7 Å². The van der Waals surface area contributed by atoms with Gasteiger partial charge in [0.2, 0.25) is 0 Å². The van der Waals surface area contributed by atoms with Crippen molar-refractivity contribution in [1.29, 1.82) is 0 Å². The Morgan fingerprint density at radius 1 is 1.42 bits per heavy atom. The summed E-state index contributed by atoms with van der Waals surface area (Å²) in [4.78, 5) is 15.7. The lowest BCUT2D eigenvalue weighted by Gasteiger charge is -2.22. The van der Waals surface area contributed by atoms with Gasteiger partial charge < -0.3 is 14.9 Å². The highest BCUT2D eigenvalue weighted by Crippen LogP contribution is 2.37. The molecule has 0 saturated heterocycles. The lowest BCUT2D eigenvalue weighted by atomic mass is 9.90. The summed E-state index contributed by atoms with van der Waals surface area (Å²) in [5.41, 5.74) is -0.998. The molecule has 0 spiro atoms. The number of thiazole rings is 1. The fraction of sp³-hybridized carbons (Fsp3) is 0.619. The van der Waals surface area contributed by atoms with Crippen molar-refractivity contribution in [3.63, 3.8) is 0 Å². The molecule has 0 radical (unpaired) electrons. The molecular weight excluding hydrogens is 451 g/mol. The summed E-state index contributed by atoms with van der Waals surface area (Å²) in [6.45, 7) is 1.50. The molecule has 1 heterocycles. The first-order chi connectivity index (χ1) is 14.6. The summed E-state index contributed by atoms with van der Waals surface area (Å²) < 4.78 is 42.7. The highest BCUT2D eigenvalue weighted by Gasteiger charge is 2.33. The number of methoxy groups -OCH3 is 1. The monoisotopic (exact) mass is 479 g/mol. The third-order valence-electron chi connectivity index (χ3n) is 5.42. The molecule has 1 aliphatic carbocycles. The van der Waals surface area contributed by atoms with E-state index in [2.05, 4.69) is 9.72 Å². The number of allylic oxidation sites excluding steroid dienone is 2. The first-order valence-electron chi connectivity index (χ1n) is 10.1. The lowest BCUT2D eigenvalue weighted by Crippen LogP contribution is -2.23. The van der Waals surface area contributed by atoms with Crippen LogP contribution in [-0.2, 0) is 4.74 Å². The van der Waals surface area contributed by atoms with Crippen LogP contribution in [0.3, 0.4) is 0 Å². The van der Waals surface area contributed by atoms with E-state index < -0.39 is 36.0 Å². The van der Waals surface area contributed by atoms with E-state index in [4.69, 9.17) is 0 Å². The van der Waals surface area contributed by atoms with Crippen molar-refractivity contribution in [3.05, 3.63) is 35.1 Å². The fourth-order valence-corrected chi connectivity index (χ4v) is 5.51. The molecular formula is C21H28F3NO4S2. The van der Waals surface area contributed by atoms with Gasteiger partial charge in [-0.2, -0.15) is 8.78 Å². The van der Waals surface area contributed by atoms with Gasteiger partial charge in [0, 0.05) is 17.6 Å². The summed E-state index contributed by atoms with van der Waals surface area (Å²) in [6.07, 6.45) is 2.89. The molecule has 1 aromatic heterocycles. The first kappa shape index (κ1) is 25.9. The van der Waals surface area contributed by atoms with Crippen LogP contribution in [0.15, 0.2) is 33.8 Å². The minimum absolute atomic E-state index is 0.0646. The Kier molecular flexibility index (Phi) is 10.1. The molecule has 1 aliphatic rings. The maximum Gasteiger partial charge on any atom is 0.357 e. The van der Waals surface area contributed by atoms with E-state index in [0.717, 1.165) is 22.9 Å². The van der Waals surface area contributed by atoms with Gasteiger partial charge in [-0.25, -0.2) is 14.2 Å². The second-order valence-corrected chi connectivity index (χ2v) is 10.1. The number of aromatic nitrogens is 1. The van der Waals surface area contributed by atoms with Gasteiger partial charge in [0.1, 0.15) is 0 Å². The summed E-state index contributed by atoms with van der Waals surface area (Å²) in [6, 6.07) is 0. The van der Waals surface area contributed by atoms with Crippen molar-refractivity contribution in [2.75, 3.05) is 12.9 Å². The van der Waals surface area contributed by atoms with Gasteiger partial charge in [0.15, 0.2) is 15.9 Å². The zero-order chi connectivity index (χ0) is 23.0. The third kappa shape index (κ3) is 8.25. The smallest absolute Gasteiger partial charge is 0.357 e. The average Bonchev–Trinajstić information content (AvgIpc) is 3.33. The Labute approximate surface area is 188 Å². The molecule has 0 aliphatic heterocycles. The van der Waals surface area contributed by atoms with Crippen molar-refractivity contribution < 1.29 is 32.9 Å². The molecule has 1 aromatic rings. The Morgan fingerprint density at radius 2 is 2.16 bits per heavy atom. The highest BCUT2D eigenvalue weighted by molar-refractivity contribution is 8.01. The zero-order valence-electron chi connectivity index (χ0n) is 17.5. The van der Waals surface area contributed by atoms with Gasteiger partial charge >= 0.3 is 12.0 Å². The van der Waals surface area contributed by atoms with Crippen LogP contribution in [0.2, 0.25) is 0 Å². The van der Waals surface area contributed by atoms with Gasteiger partial charge in [-0.3, -0.25) is 0 Å². The van der Waals surface area contributed by atoms with E-state index in [1.54, 1.807) is 11.5 Å². The number of aliphatic hydroxyl groups excluding tert-OH is 1. The van der Waals surface area contributed by atoms with Crippen molar-refractivity contribution >= 4 is 29.1 Å². The number of ether oxygens (including phenoxy) is 1. The topological polar surface area (TPSA) is 79.7 Å². The molecule has 1 saturated carbocycles. The molecule has 5 nitrogen and oxygen atoms in total. The number of carbonyl (C=O) groups is 1. The van der Waals surface area contributed by atoms with Crippen molar-refractivity contribution in [2.24, 2.45) is 11.8 Å². The first-order valence-corrected chi connectivity index (χ1v) is 11.9. The lowest BCUT2D eigenvalue weighted by molar-refractivity contribution is 0.0521. The number of halogens is 3. The van der Waals surface area contributed by atoms with E-state index in [1.165, 1.54) is 37.1 Å². The van der Waals surface area contributed by atoms with Crippen LogP contribution < -0.4 is 0 Å². The summed E-state index contributed by atoms with van der Waals surface area (Å²) in [7, 11) is 1.31. The molecule has 0 amide bonds. The van der Waals surface area contributed by atoms with Crippen molar-refractivity contribution in [1.82, 2.24) is 4.98 Å². The van der Waals surface area contributed by atoms with E-state index in [0.29, 0.717) is 6.42 Å². The van der Waals surface area contributed by atoms with Crippen molar-refractivity contribution in [2.45, 2.75) is 61.5 Å². The largest absolute Gasteiger partial charge is 0.464 e. The minimum Gasteiger partial charge on any atom is -0.464 e. The second-order valence-electron chi connectivity index (χ2n) is 7.89. The molecule has 10 heteroatoms. The van der Waals surface area contributed by atoms with Crippen LogP contribution >= 0.6 is 23.1 Å². The Balaban J connectivity index is 1.82. The Hall–Kier alpha value is -1.36. The summed E-state index contributed by atoms with van der Waals surface area (Å²) >= 11 is 2.90. The molecule has 4 unspecified atom stereocenters. The number of carbonyl (C=O) groups excluding carboxylic acids is 1. The predicted octanol–water partition coefficient (Wildman–Crippen LogP) is 5.35. The Morgan fingerprint density at radius 3 is 2.84 bits per heavy atom. The molecule has 2 N–H and O–H groups in total. The zero-order valence-corrected chi connectivity index (χ0v) is 19.2. The normalized spacial score (nSPS) is 23.1. The predicted molar refractivity (Wildman–Crippen MR) is 115 cm³/mol. The molecule has 0 bridgehead atoms. The number of esters is 1. The summed E-state index contributed by atoms with van der Waals surface area (Å²) in [5.74, 6) is -1.01. The van der Waals surface area contributed by atoms with Gasteiger partial charge in [-0.05, 0) is 50.9 Å². The minimum atomic E-state index is -2.34. The van der Waals surface area contributed by atoms with E-state index in [1.807, 2.05) is 6.08 Å². The highest BCUT2D eigenvalue weighted by atomic mass is 32.2. The summed E-state index contributed by atoms with van der Waals surface area (Å²) in [5, 5.41) is 22.3. The van der Waals surface area contributed by atoms with Crippen molar-refractivity contribution in [3.8, 4) is 0 Å². The van der Waals surface area contributed by atoms with E-state index >= 15 is 0 Å². The fourth-order valence-electron chi connectivity index (χ4n) is 3.60. The molecule has 0 aromatic carbocycles. The van der Waals surface area contributed by atoms with Gasteiger partial charge in [-0.1, -0.05) is 23.9 Å². The molecule has 2 rings (SSSR count). The number of hydrogen-bond acceptors (Lipinski definition) is 7. The third-order valence-corrected chi connectivity index (χ3v) is 7.48. The van der Waals surface area contributed by atoms with Gasteiger partial charge in [0.25, 0.3) is 0 Å². The van der Waals surface area contributed by atoms with Gasteiger partial charge in [0.05, 0.1) is 18.8 Å². The molecule has 4 atom stereocenters. The Bertz CT molecular complexity index is 793. The van der Waals surface area contributed by atoms with Crippen LogP contribution in [0.1, 0.15) is 55.9 Å². The molecule has 1 fully saturated rings. The molecule has 174 valence electrons. The van der Waals surface area contributed by atoms with E-state index in [-0.39, 0.29) is 30.4 Å². The molecule has 31 heavy (non-hydrogen) atoms. The number of thioether (sulfide) groups is 1. The number of rotatable bonds is 11. The standard InChI is InChI=1S/C21H28F3NO4S2/c1-21(28,10-7-15(22)18(23)24)9-3-4-13-5-6-17(26)14(13)8-11-30-20-25-16(12-31-20)19(27)29-2/h3-4,12-14,17,26,28H,5-11H2,1-2H3. The van der Waals surface area contributed by atoms with Gasteiger partial charge in [-0.15, -0.1) is 11.3 Å². The quantitative estimate of drug-likeness (QED) is 0.253. The van der Waals surface area contributed by atoms with Crippen LogP contribution in [0, 0.1) is 11.8 Å². The number of nitrogens with zero attached hydrogens (tertiary/aromatic N) is 1. The van der Waals surface area contributed by atoms with Crippen LogP contribution in [0.4, 0.5) is 13.2 Å². The average molecular weight is 480 g/mol. The second kappa shape index (κ2) is 12.0. The number of aliphatic hydroxyl groups is 2. The maximum absolute atomic E-state index is 13.0. The SMILES string of the molecule is COC(=O)c1csc(SCCC2C(O)CCC2C=CCC(C)(O)CCC(F)=C(F)F)n1. The maximum atomic E-state index is 13.0. The van der Waals surface area contributed by atoms with Crippen LogP contribution in [0.5, 0.6) is 0 Å². The van der Waals surface area contributed by atoms with E-state index in [9.17, 15) is 28.2 Å². The van der Waals surface area contributed by atoms with Crippen LogP contribution in [0.25, 0.3) is 0 Å². The number of hydrogen-bond donors (Lipinski definition) is 2.